The zero-order valence-electron chi connectivity index (χ0n) is 16.7. The number of likely N-dealkylation sites (tertiary alicyclic amines) is 1. The topological polar surface area (TPSA) is 68.2 Å². The van der Waals surface area contributed by atoms with Crippen LogP contribution in [0.2, 0.25) is 0 Å². The van der Waals surface area contributed by atoms with Gasteiger partial charge in [-0.25, -0.2) is 4.79 Å². The van der Waals surface area contributed by atoms with Gasteiger partial charge in [-0.15, -0.1) is 0 Å². The fourth-order valence-electron chi connectivity index (χ4n) is 4.38. The quantitative estimate of drug-likeness (QED) is 0.850. The average molecular weight is 377 g/mol. The van der Waals surface area contributed by atoms with Gasteiger partial charge < -0.3 is 24.2 Å². The predicted octanol–water partition coefficient (Wildman–Crippen LogP) is 3.57. The smallest absolute Gasteiger partial charge is 0.409 e. The third kappa shape index (κ3) is 3.86. The molecule has 1 aromatic rings. The average Bonchev–Trinajstić information content (AvgIpc) is 3.29. The molecule has 1 amide bonds. The number of ether oxygens (including phenoxy) is 3. The Hall–Kier alpha value is -1.95. The molecule has 27 heavy (non-hydrogen) atoms. The lowest BCUT2D eigenvalue weighted by molar-refractivity contribution is 0.0470. The first-order chi connectivity index (χ1) is 12.9. The van der Waals surface area contributed by atoms with E-state index >= 15 is 0 Å². The molecule has 0 bridgehead atoms. The van der Waals surface area contributed by atoms with Crippen LogP contribution in [0.5, 0.6) is 11.5 Å². The number of hydrogen-bond donors (Lipinski definition) is 1. The summed E-state index contributed by atoms with van der Waals surface area (Å²) in [5, 5.41) is 10.5. The van der Waals surface area contributed by atoms with E-state index in [0.29, 0.717) is 18.8 Å². The van der Waals surface area contributed by atoms with Gasteiger partial charge in [0.1, 0.15) is 0 Å². The second kappa shape index (κ2) is 7.97. The molecule has 6 nitrogen and oxygen atoms in total. The van der Waals surface area contributed by atoms with Crippen LogP contribution in [-0.2, 0) is 4.74 Å². The summed E-state index contributed by atoms with van der Waals surface area (Å²) in [6.45, 7) is 4.76. The molecule has 1 saturated carbocycles. The monoisotopic (exact) mass is 377 g/mol. The summed E-state index contributed by atoms with van der Waals surface area (Å²) in [7, 11) is 3.03. The van der Waals surface area contributed by atoms with Gasteiger partial charge in [0.15, 0.2) is 11.5 Å². The summed E-state index contributed by atoms with van der Waals surface area (Å²) in [5.41, 5.74) is 0.575. The first-order valence-corrected chi connectivity index (χ1v) is 9.74. The second-order valence-electron chi connectivity index (χ2n) is 8.02. The van der Waals surface area contributed by atoms with Gasteiger partial charge in [-0.2, -0.15) is 0 Å². The maximum absolute atomic E-state index is 12.1. The van der Waals surface area contributed by atoms with Gasteiger partial charge in [0, 0.05) is 24.4 Å². The summed E-state index contributed by atoms with van der Waals surface area (Å²) in [6, 6.07) is 5.94. The van der Waals surface area contributed by atoms with E-state index in [0.717, 1.165) is 24.2 Å². The highest BCUT2D eigenvalue weighted by molar-refractivity contribution is 5.68. The fourth-order valence-corrected chi connectivity index (χ4v) is 4.38. The van der Waals surface area contributed by atoms with Crippen molar-refractivity contribution in [1.29, 1.82) is 0 Å². The number of rotatable bonds is 5. The summed E-state index contributed by atoms with van der Waals surface area (Å²) >= 11 is 0. The molecule has 3 atom stereocenters. The van der Waals surface area contributed by atoms with Crippen molar-refractivity contribution in [2.75, 3.05) is 27.3 Å². The Morgan fingerprint density at radius 3 is 2.56 bits per heavy atom. The van der Waals surface area contributed by atoms with E-state index in [9.17, 15) is 9.90 Å². The van der Waals surface area contributed by atoms with E-state index in [-0.39, 0.29) is 18.1 Å². The zero-order valence-corrected chi connectivity index (χ0v) is 16.7. The fraction of sp³-hybridized carbons (Fsp3) is 0.667. The van der Waals surface area contributed by atoms with Gasteiger partial charge in [-0.3, -0.25) is 0 Å². The molecule has 1 heterocycles. The Labute approximate surface area is 161 Å². The molecule has 1 N–H and O–H groups in total. The van der Waals surface area contributed by atoms with E-state index < -0.39 is 11.5 Å². The third-order valence-electron chi connectivity index (χ3n) is 6.30. The first kappa shape index (κ1) is 19.8. The Kier molecular flexibility index (Phi) is 5.84. The van der Waals surface area contributed by atoms with Gasteiger partial charge in [0.25, 0.3) is 0 Å². The van der Waals surface area contributed by atoms with E-state index in [1.54, 1.807) is 18.9 Å². The van der Waals surface area contributed by atoms with E-state index in [4.69, 9.17) is 14.2 Å². The Morgan fingerprint density at radius 1 is 1.26 bits per heavy atom. The lowest BCUT2D eigenvalue weighted by Gasteiger charge is -2.33. The van der Waals surface area contributed by atoms with Crippen LogP contribution in [0.15, 0.2) is 18.2 Å². The number of nitrogens with zero attached hydrogens (tertiary/aromatic N) is 1. The molecule has 0 unspecified atom stereocenters. The molecule has 150 valence electrons. The minimum atomic E-state index is -0.571. The maximum Gasteiger partial charge on any atom is 0.409 e. The van der Waals surface area contributed by atoms with Crippen molar-refractivity contribution in [2.45, 2.75) is 57.7 Å². The number of methoxy groups -OCH3 is 2. The SMILES string of the molecule is COC(=O)N1C[C@@H](c2ccc(OC)c(OC3CCCC3)c2)[C@](C)([C@@H](C)O)C1. The van der Waals surface area contributed by atoms with Crippen molar-refractivity contribution in [3.05, 3.63) is 23.8 Å². The first-order valence-electron chi connectivity index (χ1n) is 9.74. The van der Waals surface area contributed by atoms with Crippen molar-refractivity contribution >= 4 is 6.09 Å². The van der Waals surface area contributed by atoms with Crippen LogP contribution in [0.4, 0.5) is 4.79 Å². The van der Waals surface area contributed by atoms with Gasteiger partial charge in [0.2, 0.25) is 0 Å². The second-order valence-corrected chi connectivity index (χ2v) is 8.02. The van der Waals surface area contributed by atoms with Crippen LogP contribution in [0.25, 0.3) is 0 Å². The normalized spacial score (nSPS) is 26.9. The predicted molar refractivity (Wildman–Crippen MR) is 102 cm³/mol. The summed E-state index contributed by atoms with van der Waals surface area (Å²) in [6.07, 6.45) is 3.83. The molecule has 1 aliphatic heterocycles. The number of carbonyl (C=O) groups is 1. The van der Waals surface area contributed by atoms with Crippen LogP contribution in [0.3, 0.4) is 0 Å². The van der Waals surface area contributed by atoms with Crippen molar-refractivity contribution in [2.24, 2.45) is 5.41 Å². The number of carbonyl (C=O) groups excluding carboxylic acids is 1. The number of hydrogen-bond acceptors (Lipinski definition) is 5. The molecule has 1 aromatic carbocycles. The lowest BCUT2D eigenvalue weighted by Crippen LogP contribution is -2.38. The van der Waals surface area contributed by atoms with E-state index in [1.807, 2.05) is 25.1 Å². The molecular formula is C21H31NO5. The zero-order chi connectivity index (χ0) is 19.6. The van der Waals surface area contributed by atoms with Crippen molar-refractivity contribution in [1.82, 2.24) is 4.90 Å². The molecule has 0 spiro atoms. The number of amides is 1. The van der Waals surface area contributed by atoms with Gasteiger partial charge in [0.05, 0.1) is 26.4 Å². The van der Waals surface area contributed by atoms with Crippen LogP contribution in [-0.4, -0.2) is 55.6 Å². The van der Waals surface area contributed by atoms with E-state index in [2.05, 4.69) is 0 Å². The molecule has 0 radical (unpaired) electrons. The Morgan fingerprint density at radius 2 is 1.96 bits per heavy atom. The summed E-state index contributed by atoms with van der Waals surface area (Å²) in [5.74, 6) is 1.44. The number of aliphatic hydroxyl groups excluding tert-OH is 1. The molecule has 2 fully saturated rings. The molecule has 3 rings (SSSR count). The van der Waals surface area contributed by atoms with Gasteiger partial charge >= 0.3 is 6.09 Å². The van der Waals surface area contributed by atoms with Crippen LogP contribution < -0.4 is 9.47 Å². The van der Waals surface area contributed by atoms with Gasteiger partial charge in [-0.1, -0.05) is 13.0 Å². The molecular weight excluding hydrogens is 346 g/mol. The van der Waals surface area contributed by atoms with Crippen molar-refractivity contribution in [3.8, 4) is 11.5 Å². The highest BCUT2D eigenvalue weighted by Crippen LogP contribution is 2.47. The summed E-state index contributed by atoms with van der Waals surface area (Å²) in [4.78, 5) is 13.7. The highest BCUT2D eigenvalue weighted by atomic mass is 16.5. The Balaban J connectivity index is 1.91. The lowest BCUT2D eigenvalue weighted by atomic mass is 9.72. The molecule has 6 heteroatoms. The summed E-state index contributed by atoms with van der Waals surface area (Å²) < 4.78 is 16.6. The molecule has 1 aliphatic carbocycles. The van der Waals surface area contributed by atoms with Crippen molar-refractivity contribution in [3.63, 3.8) is 0 Å². The van der Waals surface area contributed by atoms with Crippen LogP contribution in [0.1, 0.15) is 51.0 Å². The standard InChI is InChI=1S/C21H31NO5/c1-14(23)21(2)13-22(20(24)26-4)12-17(21)15-9-10-18(25-3)19(11-15)27-16-7-5-6-8-16/h9-11,14,16-17,23H,5-8,12-13H2,1-4H3/t14-,17+,21+/m1/s1. The van der Waals surface area contributed by atoms with Crippen LogP contribution >= 0.6 is 0 Å². The van der Waals surface area contributed by atoms with Crippen molar-refractivity contribution < 1.29 is 24.1 Å². The highest BCUT2D eigenvalue weighted by Gasteiger charge is 2.48. The third-order valence-corrected chi connectivity index (χ3v) is 6.30. The Bertz CT molecular complexity index is 671. The minimum Gasteiger partial charge on any atom is -0.493 e. The van der Waals surface area contributed by atoms with Gasteiger partial charge in [-0.05, 0) is 50.3 Å². The largest absolute Gasteiger partial charge is 0.493 e. The number of aliphatic hydroxyl groups is 1. The molecule has 0 aromatic heterocycles. The molecule has 1 saturated heterocycles. The van der Waals surface area contributed by atoms with E-state index in [1.165, 1.54) is 20.0 Å². The molecule has 2 aliphatic rings. The number of benzene rings is 1. The maximum atomic E-state index is 12.1. The minimum absolute atomic E-state index is 0.0200. The van der Waals surface area contributed by atoms with Crippen LogP contribution in [0, 0.1) is 5.41 Å².